The summed E-state index contributed by atoms with van der Waals surface area (Å²) < 4.78 is 44.5. The topological polar surface area (TPSA) is 64.4 Å². The van der Waals surface area contributed by atoms with E-state index in [0.717, 1.165) is 4.57 Å². The molecule has 25 heavy (non-hydrogen) atoms. The van der Waals surface area contributed by atoms with Crippen molar-refractivity contribution in [1.29, 1.82) is 0 Å². The van der Waals surface area contributed by atoms with Crippen LogP contribution >= 0.6 is 0 Å². The summed E-state index contributed by atoms with van der Waals surface area (Å²) in [6.45, 7) is 4.17. The van der Waals surface area contributed by atoms with Gasteiger partial charge in [-0.1, -0.05) is 0 Å². The molecule has 1 aromatic carbocycles. The fraction of sp³-hybridized carbons (Fsp3) is 0.438. The first-order valence-corrected chi connectivity index (χ1v) is 7.67. The average molecular weight is 357 g/mol. The molecule has 2 aromatic rings. The normalized spacial score (nSPS) is 11.6. The quantitative estimate of drug-likeness (QED) is 0.772. The summed E-state index contributed by atoms with van der Waals surface area (Å²) in [6, 6.07) is 3.92. The maximum Gasteiger partial charge on any atom is 0.449 e. The number of carbonyl (C=O) groups is 2. The number of hydrogen-bond donors (Lipinski definition) is 0. The lowest BCUT2D eigenvalue weighted by Crippen LogP contribution is -2.34. The fourth-order valence-electron chi connectivity index (χ4n) is 2.46. The van der Waals surface area contributed by atoms with Gasteiger partial charge in [-0.25, -0.2) is 9.78 Å². The minimum absolute atomic E-state index is 0.0272. The van der Waals surface area contributed by atoms with Gasteiger partial charge in [0.05, 0.1) is 16.6 Å². The third-order valence-corrected chi connectivity index (χ3v) is 3.81. The van der Waals surface area contributed by atoms with Crippen LogP contribution in [-0.2, 0) is 22.8 Å². The van der Waals surface area contributed by atoms with Crippen LogP contribution in [0.25, 0.3) is 11.0 Å². The van der Waals surface area contributed by atoms with E-state index in [1.165, 1.54) is 30.1 Å². The Kier molecular flexibility index (Phi) is 5.34. The Morgan fingerprint density at radius 3 is 2.44 bits per heavy atom. The highest BCUT2D eigenvalue weighted by Crippen LogP contribution is 2.30. The van der Waals surface area contributed by atoms with Gasteiger partial charge in [-0.15, -0.1) is 0 Å². The van der Waals surface area contributed by atoms with E-state index in [1.54, 1.807) is 13.8 Å². The molecule has 136 valence electrons. The first-order valence-electron chi connectivity index (χ1n) is 7.67. The Hall–Kier alpha value is -2.58. The third kappa shape index (κ3) is 3.92. The van der Waals surface area contributed by atoms with Crippen LogP contribution in [0.2, 0.25) is 0 Å². The number of alkyl halides is 3. The van der Waals surface area contributed by atoms with Crippen molar-refractivity contribution in [2.45, 2.75) is 20.0 Å². The van der Waals surface area contributed by atoms with Crippen LogP contribution in [0, 0.1) is 0 Å². The second kappa shape index (κ2) is 7.12. The minimum Gasteiger partial charge on any atom is -0.452 e. The Balaban J connectivity index is 2.18. The zero-order chi connectivity index (χ0) is 18.8. The number of benzene rings is 1. The van der Waals surface area contributed by atoms with Crippen LogP contribution in [0.5, 0.6) is 0 Å². The average Bonchev–Trinajstić information content (AvgIpc) is 2.90. The highest BCUT2D eigenvalue weighted by Gasteiger charge is 2.36. The molecule has 2 rings (SSSR count). The number of halogens is 3. The summed E-state index contributed by atoms with van der Waals surface area (Å²) in [5, 5.41) is 0. The minimum atomic E-state index is -4.59. The van der Waals surface area contributed by atoms with E-state index in [-0.39, 0.29) is 22.5 Å². The lowest BCUT2D eigenvalue weighted by Gasteiger charge is -2.18. The molecule has 0 fully saturated rings. The summed E-state index contributed by atoms with van der Waals surface area (Å²) in [7, 11) is 1.25. The molecule has 0 aliphatic rings. The van der Waals surface area contributed by atoms with Crippen LogP contribution in [0.3, 0.4) is 0 Å². The number of amides is 1. The summed E-state index contributed by atoms with van der Waals surface area (Å²) in [4.78, 5) is 28.9. The van der Waals surface area contributed by atoms with Gasteiger partial charge in [0.2, 0.25) is 5.82 Å². The first kappa shape index (κ1) is 18.8. The number of hydrogen-bond acceptors (Lipinski definition) is 4. The van der Waals surface area contributed by atoms with Gasteiger partial charge < -0.3 is 14.2 Å². The summed E-state index contributed by atoms with van der Waals surface area (Å²) in [5.41, 5.74) is 0.300. The molecular weight excluding hydrogens is 339 g/mol. The van der Waals surface area contributed by atoms with Crippen molar-refractivity contribution < 1.29 is 27.5 Å². The van der Waals surface area contributed by atoms with E-state index in [4.69, 9.17) is 4.74 Å². The maximum atomic E-state index is 12.9. The molecule has 0 aliphatic heterocycles. The van der Waals surface area contributed by atoms with E-state index in [1.807, 2.05) is 0 Å². The zero-order valence-corrected chi connectivity index (χ0v) is 14.1. The van der Waals surface area contributed by atoms with Crippen LogP contribution in [0.15, 0.2) is 18.2 Å². The van der Waals surface area contributed by atoms with Crippen LogP contribution < -0.4 is 0 Å². The number of likely N-dealkylation sites (N-methyl/N-ethyl adjacent to an activating group) is 1. The van der Waals surface area contributed by atoms with Crippen molar-refractivity contribution in [3.63, 3.8) is 0 Å². The standard InChI is InChI=1S/C16H18F3N3O3/c1-4-22(5-2)13(23)9-25-14(24)10-6-7-12-11(8-10)20-15(21(12)3)16(17,18)19/h6-8H,4-5,9H2,1-3H3. The number of rotatable bonds is 5. The van der Waals surface area contributed by atoms with Gasteiger partial charge in [-0.2, -0.15) is 13.2 Å². The van der Waals surface area contributed by atoms with Gasteiger partial charge >= 0.3 is 12.1 Å². The second-order valence-corrected chi connectivity index (χ2v) is 5.34. The molecule has 0 saturated heterocycles. The number of aryl methyl sites for hydroxylation is 1. The van der Waals surface area contributed by atoms with Gasteiger partial charge in [0.1, 0.15) is 0 Å². The van der Waals surface area contributed by atoms with E-state index in [0.29, 0.717) is 13.1 Å². The van der Waals surface area contributed by atoms with E-state index >= 15 is 0 Å². The lowest BCUT2D eigenvalue weighted by molar-refractivity contribution is -0.146. The van der Waals surface area contributed by atoms with Crippen LogP contribution in [0.4, 0.5) is 13.2 Å². The van der Waals surface area contributed by atoms with Crippen molar-refractivity contribution in [3.8, 4) is 0 Å². The molecule has 9 heteroatoms. The molecule has 0 unspecified atom stereocenters. The number of esters is 1. The molecule has 1 aromatic heterocycles. The van der Waals surface area contributed by atoms with Crippen molar-refractivity contribution in [1.82, 2.24) is 14.5 Å². The van der Waals surface area contributed by atoms with Gasteiger partial charge in [0.15, 0.2) is 6.61 Å². The van der Waals surface area contributed by atoms with Gasteiger partial charge in [-0.05, 0) is 32.0 Å². The molecular formula is C16H18F3N3O3. The Bertz CT molecular complexity index is 795. The Morgan fingerprint density at radius 2 is 1.88 bits per heavy atom. The largest absolute Gasteiger partial charge is 0.452 e. The van der Waals surface area contributed by atoms with E-state index < -0.39 is 24.6 Å². The molecule has 6 nitrogen and oxygen atoms in total. The van der Waals surface area contributed by atoms with Crippen molar-refractivity contribution in [2.75, 3.05) is 19.7 Å². The molecule has 0 spiro atoms. The van der Waals surface area contributed by atoms with Crippen molar-refractivity contribution in [2.24, 2.45) is 7.05 Å². The third-order valence-electron chi connectivity index (χ3n) is 3.81. The number of carbonyl (C=O) groups excluding carboxylic acids is 2. The molecule has 0 saturated carbocycles. The monoisotopic (exact) mass is 357 g/mol. The SMILES string of the molecule is CCN(CC)C(=O)COC(=O)c1ccc2c(c1)nc(C(F)(F)F)n2C. The molecule has 1 amide bonds. The molecule has 0 aliphatic carbocycles. The predicted octanol–water partition coefficient (Wildman–Crippen LogP) is 2.62. The number of fused-ring (bicyclic) bond motifs is 1. The Morgan fingerprint density at radius 1 is 1.24 bits per heavy atom. The summed E-state index contributed by atoms with van der Waals surface area (Å²) >= 11 is 0. The number of imidazole rings is 1. The highest BCUT2D eigenvalue weighted by atomic mass is 19.4. The predicted molar refractivity (Wildman–Crippen MR) is 83.9 cm³/mol. The smallest absolute Gasteiger partial charge is 0.449 e. The Labute approximate surface area is 142 Å². The van der Waals surface area contributed by atoms with Gasteiger partial charge in [-0.3, -0.25) is 4.79 Å². The second-order valence-electron chi connectivity index (χ2n) is 5.34. The highest BCUT2D eigenvalue weighted by molar-refractivity contribution is 5.95. The molecule has 0 radical (unpaired) electrons. The summed E-state index contributed by atoms with van der Waals surface area (Å²) in [5.74, 6) is -2.18. The van der Waals surface area contributed by atoms with Crippen molar-refractivity contribution >= 4 is 22.9 Å². The van der Waals surface area contributed by atoms with E-state index in [2.05, 4.69) is 4.98 Å². The zero-order valence-electron chi connectivity index (χ0n) is 14.1. The maximum absolute atomic E-state index is 12.9. The van der Waals surface area contributed by atoms with Crippen LogP contribution in [-0.4, -0.2) is 46.0 Å². The van der Waals surface area contributed by atoms with Crippen LogP contribution in [0.1, 0.15) is 30.0 Å². The van der Waals surface area contributed by atoms with Gasteiger partial charge in [0, 0.05) is 20.1 Å². The number of aromatic nitrogens is 2. The van der Waals surface area contributed by atoms with Gasteiger partial charge in [0.25, 0.3) is 5.91 Å². The molecule has 1 heterocycles. The summed E-state index contributed by atoms with van der Waals surface area (Å²) in [6.07, 6.45) is -4.59. The first-order chi connectivity index (χ1) is 11.7. The van der Waals surface area contributed by atoms with Crippen molar-refractivity contribution in [3.05, 3.63) is 29.6 Å². The fourth-order valence-corrected chi connectivity index (χ4v) is 2.46. The molecule has 0 bridgehead atoms. The number of nitrogens with zero attached hydrogens (tertiary/aromatic N) is 3. The number of ether oxygens (including phenoxy) is 1. The lowest BCUT2D eigenvalue weighted by atomic mass is 10.2. The molecule has 0 N–H and O–H groups in total. The molecule has 0 atom stereocenters. The van der Waals surface area contributed by atoms with E-state index in [9.17, 15) is 22.8 Å².